The Labute approximate surface area is 70.0 Å². The molecule has 0 aliphatic carbocycles. The third-order valence-corrected chi connectivity index (χ3v) is 1.83. The van der Waals surface area contributed by atoms with Gasteiger partial charge < -0.3 is 0 Å². The lowest BCUT2D eigenvalue weighted by Crippen LogP contribution is -1.96. The van der Waals surface area contributed by atoms with Gasteiger partial charge in [0.2, 0.25) is 0 Å². The summed E-state index contributed by atoms with van der Waals surface area (Å²) >= 11 is 0. The van der Waals surface area contributed by atoms with E-state index >= 15 is 0 Å². The minimum atomic E-state index is 0.223. The molecule has 2 radical (unpaired) electrons. The molecule has 0 spiro atoms. The van der Waals surface area contributed by atoms with E-state index in [0.29, 0.717) is 0 Å². The molecule has 1 aromatic rings. The standard InChI is InChI=1S/C10H13B/c1-2-6-10(11)9-7-4-3-5-8-9/h3-5,7-8,10H,2,6H2,1H3. The average Bonchev–Trinajstić information content (AvgIpc) is 2.07. The summed E-state index contributed by atoms with van der Waals surface area (Å²) in [5.41, 5.74) is 1.24. The van der Waals surface area contributed by atoms with E-state index in [1.165, 1.54) is 5.56 Å². The highest BCUT2D eigenvalue weighted by atomic mass is 14.0. The summed E-state index contributed by atoms with van der Waals surface area (Å²) in [5, 5.41) is 0. The smallest absolute Gasteiger partial charge is 0.0654 e. The van der Waals surface area contributed by atoms with Gasteiger partial charge in [-0.25, -0.2) is 0 Å². The zero-order chi connectivity index (χ0) is 8.10. The number of rotatable bonds is 3. The first-order chi connectivity index (χ1) is 5.34. The molecule has 0 aromatic heterocycles. The molecule has 1 unspecified atom stereocenters. The summed E-state index contributed by atoms with van der Waals surface area (Å²) < 4.78 is 0. The molecule has 0 saturated carbocycles. The quantitative estimate of drug-likeness (QED) is 0.572. The van der Waals surface area contributed by atoms with Gasteiger partial charge in [0.05, 0.1) is 7.85 Å². The molecule has 0 aliphatic rings. The third kappa shape index (κ3) is 2.41. The van der Waals surface area contributed by atoms with Crippen molar-refractivity contribution in [1.29, 1.82) is 0 Å². The first kappa shape index (κ1) is 8.38. The van der Waals surface area contributed by atoms with Gasteiger partial charge in [-0.1, -0.05) is 61.5 Å². The highest BCUT2D eigenvalue weighted by Gasteiger charge is 2.00. The van der Waals surface area contributed by atoms with E-state index in [2.05, 4.69) is 19.1 Å². The molecule has 0 heterocycles. The predicted molar refractivity (Wildman–Crippen MR) is 49.8 cm³/mol. The zero-order valence-corrected chi connectivity index (χ0v) is 6.96. The number of hydrogen-bond acceptors (Lipinski definition) is 0. The van der Waals surface area contributed by atoms with Crippen molar-refractivity contribution in [2.45, 2.75) is 25.6 Å². The van der Waals surface area contributed by atoms with Gasteiger partial charge in [0.25, 0.3) is 0 Å². The maximum atomic E-state index is 5.91. The average molecular weight is 144 g/mol. The van der Waals surface area contributed by atoms with Gasteiger partial charge >= 0.3 is 0 Å². The van der Waals surface area contributed by atoms with Crippen molar-refractivity contribution in [3.05, 3.63) is 35.9 Å². The van der Waals surface area contributed by atoms with E-state index in [9.17, 15) is 0 Å². The van der Waals surface area contributed by atoms with Crippen molar-refractivity contribution in [3.63, 3.8) is 0 Å². The second kappa shape index (κ2) is 4.22. The fourth-order valence-corrected chi connectivity index (χ4v) is 1.18. The second-order valence-corrected chi connectivity index (χ2v) is 2.81. The Kier molecular flexibility index (Phi) is 3.22. The topological polar surface area (TPSA) is 0 Å². The van der Waals surface area contributed by atoms with Crippen LogP contribution in [0.4, 0.5) is 0 Å². The summed E-state index contributed by atoms with van der Waals surface area (Å²) in [4.78, 5) is 0. The largest absolute Gasteiger partial charge is 0.0763 e. The fourth-order valence-electron chi connectivity index (χ4n) is 1.18. The minimum Gasteiger partial charge on any atom is -0.0654 e. The normalized spacial score (nSPS) is 12.8. The van der Waals surface area contributed by atoms with Crippen LogP contribution in [0.15, 0.2) is 30.3 Å². The zero-order valence-electron chi connectivity index (χ0n) is 6.96. The molecular weight excluding hydrogens is 131 g/mol. The summed E-state index contributed by atoms with van der Waals surface area (Å²) in [6.45, 7) is 2.16. The van der Waals surface area contributed by atoms with E-state index in [0.717, 1.165) is 12.8 Å². The van der Waals surface area contributed by atoms with Gasteiger partial charge in [0.1, 0.15) is 0 Å². The summed E-state index contributed by atoms with van der Waals surface area (Å²) in [7, 11) is 5.91. The predicted octanol–water partition coefficient (Wildman–Crippen LogP) is 2.70. The molecule has 0 bridgehead atoms. The first-order valence-corrected chi connectivity index (χ1v) is 4.15. The van der Waals surface area contributed by atoms with Crippen LogP contribution in [0.3, 0.4) is 0 Å². The van der Waals surface area contributed by atoms with Crippen molar-refractivity contribution < 1.29 is 0 Å². The Balaban J connectivity index is 2.61. The summed E-state index contributed by atoms with van der Waals surface area (Å²) in [6, 6.07) is 10.2. The summed E-state index contributed by atoms with van der Waals surface area (Å²) in [6.07, 6.45) is 2.22. The van der Waals surface area contributed by atoms with E-state index in [-0.39, 0.29) is 5.82 Å². The molecule has 0 fully saturated rings. The van der Waals surface area contributed by atoms with E-state index < -0.39 is 0 Å². The van der Waals surface area contributed by atoms with E-state index in [1.807, 2.05) is 18.2 Å². The van der Waals surface area contributed by atoms with Crippen LogP contribution in [-0.4, -0.2) is 7.85 Å². The van der Waals surface area contributed by atoms with Crippen LogP contribution in [0.2, 0.25) is 0 Å². The van der Waals surface area contributed by atoms with Crippen LogP contribution in [0.25, 0.3) is 0 Å². The Hall–Kier alpha value is -0.715. The van der Waals surface area contributed by atoms with Crippen molar-refractivity contribution in [3.8, 4) is 0 Å². The lowest BCUT2D eigenvalue weighted by Gasteiger charge is -2.09. The van der Waals surface area contributed by atoms with Gasteiger partial charge in [-0.2, -0.15) is 0 Å². The van der Waals surface area contributed by atoms with Crippen LogP contribution in [-0.2, 0) is 0 Å². The first-order valence-electron chi connectivity index (χ1n) is 4.15. The maximum Gasteiger partial charge on any atom is 0.0763 e. The molecular formula is C10H13B. The minimum absolute atomic E-state index is 0.223. The molecule has 11 heavy (non-hydrogen) atoms. The third-order valence-electron chi connectivity index (χ3n) is 1.83. The molecule has 0 aliphatic heterocycles. The molecule has 1 aromatic carbocycles. The lowest BCUT2D eigenvalue weighted by atomic mass is 9.78. The van der Waals surface area contributed by atoms with Crippen molar-refractivity contribution in [2.24, 2.45) is 0 Å². The molecule has 0 amide bonds. The van der Waals surface area contributed by atoms with Gasteiger partial charge in [-0.05, 0) is 0 Å². The molecule has 1 heteroatoms. The Morgan fingerprint density at radius 1 is 1.27 bits per heavy atom. The number of benzene rings is 1. The van der Waals surface area contributed by atoms with Gasteiger partial charge in [0, 0.05) is 0 Å². The Morgan fingerprint density at radius 2 is 1.91 bits per heavy atom. The van der Waals surface area contributed by atoms with Crippen LogP contribution < -0.4 is 0 Å². The maximum absolute atomic E-state index is 5.91. The van der Waals surface area contributed by atoms with Crippen LogP contribution in [0.1, 0.15) is 31.1 Å². The molecule has 0 saturated heterocycles. The summed E-state index contributed by atoms with van der Waals surface area (Å²) in [5.74, 6) is 0.223. The Bertz CT molecular complexity index is 193. The second-order valence-electron chi connectivity index (χ2n) is 2.81. The monoisotopic (exact) mass is 144 g/mol. The van der Waals surface area contributed by atoms with Crippen LogP contribution in [0, 0.1) is 0 Å². The molecule has 1 rings (SSSR count). The van der Waals surface area contributed by atoms with Gasteiger partial charge in [-0.15, -0.1) is 0 Å². The highest BCUT2D eigenvalue weighted by molar-refractivity contribution is 6.12. The van der Waals surface area contributed by atoms with Crippen LogP contribution in [0.5, 0.6) is 0 Å². The molecule has 1 atom stereocenters. The Morgan fingerprint density at radius 3 is 2.45 bits per heavy atom. The van der Waals surface area contributed by atoms with Crippen molar-refractivity contribution in [2.75, 3.05) is 0 Å². The fraction of sp³-hybridized carbons (Fsp3) is 0.400. The SMILES string of the molecule is [B]C(CCC)c1ccccc1. The molecule has 0 N–H and O–H groups in total. The van der Waals surface area contributed by atoms with Gasteiger partial charge in [0.15, 0.2) is 0 Å². The molecule has 0 nitrogen and oxygen atoms in total. The highest BCUT2D eigenvalue weighted by Crippen LogP contribution is 2.16. The lowest BCUT2D eigenvalue weighted by molar-refractivity contribution is 0.769. The van der Waals surface area contributed by atoms with Crippen molar-refractivity contribution in [1.82, 2.24) is 0 Å². The van der Waals surface area contributed by atoms with Crippen molar-refractivity contribution >= 4 is 7.85 Å². The molecule has 56 valence electrons. The van der Waals surface area contributed by atoms with Crippen LogP contribution >= 0.6 is 0 Å². The van der Waals surface area contributed by atoms with E-state index in [1.54, 1.807) is 0 Å². The van der Waals surface area contributed by atoms with Gasteiger partial charge in [-0.3, -0.25) is 0 Å². The number of hydrogen-bond donors (Lipinski definition) is 0. The van der Waals surface area contributed by atoms with E-state index in [4.69, 9.17) is 7.85 Å².